The molecule has 1 atom stereocenters. The van der Waals surface area contributed by atoms with Crippen LogP contribution in [0.3, 0.4) is 0 Å². The second-order valence-corrected chi connectivity index (χ2v) is 15.2. The van der Waals surface area contributed by atoms with Crippen molar-refractivity contribution in [3.8, 4) is 33.4 Å². The van der Waals surface area contributed by atoms with Gasteiger partial charge in [-0.2, -0.15) is 0 Å². The molecule has 0 amide bonds. The molecule has 0 spiro atoms. The van der Waals surface area contributed by atoms with Crippen LogP contribution in [0, 0.1) is 0 Å². The lowest BCUT2D eigenvalue weighted by molar-refractivity contribution is 0.668. The molecule has 0 saturated carbocycles. The quantitative estimate of drug-likeness (QED) is 0.162. The van der Waals surface area contributed by atoms with Crippen molar-refractivity contribution in [3.05, 3.63) is 224 Å². The molecule has 1 aromatic heterocycles. The number of furan rings is 1. The van der Waals surface area contributed by atoms with Crippen LogP contribution < -0.4 is 4.90 Å². The highest BCUT2D eigenvalue weighted by atomic mass is 16.3. The Morgan fingerprint density at radius 1 is 0.431 bits per heavy atom. The monoisotopic (exact) mass is 741 g/mol. The van der Waals surface area contributed by atoms with Crippen LogP contribution in [0.1, 0.15) is 17.9 Å². The minimum Gasteiger partial charge on any atom is -0.455 e. The fraction of sp³-hybridized carbons (Fsp3) is 0.0357. The molecular weight excluding hydrogens is 703 g/mol. The van der Waals surface area contributed by atoms with E-state index in [0.717, 1.165) is 67.7 Å². The first-order valence-corrected chi connectivity index (χ1v) is 20.1. The zero-order valence-corrected chi connectivity index (χ0v) is 31.9. The molecule has 0 radical (unpaired) electrons. The summed E-state index contributed by atoms with van der Waals surface area (Å²) in [4.78, 5) is 2.38. The standard InChI is InChI=1S/C56H39NO/c1-2-12-38(13-3-1)44-30-35-52-53-24-11-23-51(56(53)58-55(52)37-44)45-19-8-18-43(36-45)39-26-31-46(32-27-39)57(54-25-10-17-41-15-5-7-21-50(41)54)47-33-28-42(29-34-47)49-22-9-16-40-14-4-6-20-48(40)49/h1-12,14-38H,13H2. The summed E-state index contributed by atoms with van der Waals surface area (Å²) < 4.78 is 6.68. The van der Waals surface area contributed by atoms with E-state index in [0.29, 0.717) is 5.92 Å². The van der Waals surface area contributed by atoms with Crippen LogP contribution in [-0.2, 0) is 0 Å². The average Bonchev–Trinajstić information content (AvgIpc) is 3.68. The first-order valence-electron chi connectivity index (χ1n) is 20.1. The summed E-state index contributed by atoms with van der Waals surface area (Å²) in [7, 11) is 0. The highest BCUT2D eigenvalue weighted by Crippen LogP contribution is 2.42. The zero-order valence-electron chi connectivity index (χ0n) is 31.9. The van der Waals surface area contributed by atoms with Crippen molar-refractivity contribution in [1.82, 2.24) is 0 Å². The molecule has 1 aliphatic rings. The van der Waals surface area contributed by atoms with Crippen molar-refractivity contribution in [2.24, 2.45) is 0 Å². The lowest BCUT2D eigenvalue weighted by Crippen LogP contribution is -2.10. The van der Waals surface area contributed by atoms with Gasteiger partial charge in [-0.05, 0) is 98.4 Å². The fourth-order valence-electron chi connectivity index (χ4n) is 8.87. The molecular formula is C56H39NO. The second-order valence-electron chi connectivity index (χ2n) is 15.2. The first-order chi connectivity index (χ1) is 28.7. The van der Waals surface area contributed by atoms with Gasteiger partial charge in [-0.15, -0.1) is 0 Å². The van der Waals surface area contributed by atoms with Crippen LogP contribution in [0.25, 0.3) is 76.9 Å². The molecule has 2 heteroatoms. The Hall–Kier alpha value is -7.42. The number of hydrogen-bond donors (Lipinski definition) is 0. The summed E-state index contributed by atoms with van der Waals surface area (Å²) in [5, 5.41) is 7.23. The molecule has 274 valence electrons. The SMILES string of the molecule is C1=CCC(c2ccc3c(c2)oc2c(-c4cccc(-c5ccc(N(c6ccc(-c7cccc8ccccc78)cc6)c6cccc7ccccc67)cc5)c4)cccc23)C=C1. The van der Waals surface area contributed by atoms with Crippen LogP contribution >= 0.6 is 0 Å². The molecule has 9 aromatic carbocycles. The minimum absolute atomic E-state index is 0.380. The van der Waals surface area contributed by atoms with Gasteiger partial charge < -0.3 is 9.32 Å². The number of benzene rings is 9. The number of para-hydroxylation sites is 1. The maximum absolute atomic E-state index is 6.68. The largest absolute Gasteiger partial charge is 0.455 e. The van der Waals surface area contributed by atoms with Gasteiger partial charge in [0.15, 0.2) is 0 Å². The van der Waals surface area contributed by atoms with E-state index < -0.39 is 0 Å². The lowest BCUT2D eigenvalue weighted by atomic mass is 9.92. The van der Waals surface area contributed by atoms with E-state index >= 15 is 0 Å². The summed E-state index contributed by atoms with van der Waals surface area (Å²) in [6.07, 6.45) is 9.79. The molecule has 1 aliphatic carbocycles. The molecule has 0 saturated heterocycles. The molecule has 0 fully saturated rings. The third kappa shape index (κ3) is 5.98. The normalized spacial score (nSPS) is 13.8. The minimum atomic E-state index is 0.380. The Balaban J connectivity index is 0.955. The van der Waals surface area contributed by atoms with Crippen LogP contribution in [0.4, 0.5) is 17.1 Å². The Bertz CT molecular complexity index is 3190. The number of hydrogen-bond acceptors (Lipinski definition) is 2. The Morgan fingerprint density at radius 3 is 1.86 bits per heavy atom. The Kier molecular flexibility index (Phi) is 8.33. The van der Waals surface area contributed by atoms with Gasteiger partial charge in [0.1, 0.15) is 11.2 Å². The van der Waals surface area contributed by atoms with Gasteiger partial charge in [0.2, 0.25) is 0 Å². The smallest absolute Gasteiger partial charge is 0.143 e. The van der Waals surface area contributed by atoms with Crippen molar-refractivity contribution in [3.63, 3.8) is 0 Å². The molecule has 1 unspecified atom stereocenters. The summed E-state index contributed by atoms with van der Waals surface area (Å²) in [5.74, 6) is 0.380. The molecule has 0 bridgehead atoms. The van der Waals surface area contributed by atoms with Crippen LogP contribution in [0.5, 0.6) is 0 Å². The summed E-state index contributed by atoms with van der Waals surface area (Å²) in [6, 6.07) is 70.4. The molecule has 0 aliphatic heterocycles. The molecule has 11 rings (SSSR count). The highest BCUT2D eigenvalue weighted by molar-refractivity contribution is 6.10. The van der Waals surface area contributed by atoms with Crippen molar-refractivity contribution in [1.29, 1.82) is 0 Å². The Labute approximate surface area is 338 Å². The number of fused-ring (bicyclic) bond motifs is 5. The van der Waals surface area contributed by atoms with E-state index in [2.05, 4.69) is 223 Å². The lowest BCUT2D eigenvalue weighted by Gasteiger charge is -2.27. The highest BCUT2D eigenvalue weighted by Gasteiger charge is 2.18. The van der Waals surface area contributed by atoms with Gasteiger partial charge in [-0.25, -0.2) is 0 Å². The van der Waals surface area contributed by atoms with Gasteiger partial charge in [0, 0.05) is 39.0 Å². The maximum atomic E-state index is 6.68. The van der Waals surface area contributed by atoms with Gasteiger partial charge in [-0.3, -0.25) is 0 Å². The maximum Gasteiger partial charge on any atom is 0.143 e. The van der Waals surface area contributed by atoms with Gasteiger partial charge in [0.05, 0.1) is 5.69 Å². The topological polar surface area (TPSA) is 16.4 Å². The average molecular weight is 742 g/mol. The Morgan fingerprint density at radius 2 is 1.07 bits per heavy atom. The fourth-order valence-corrected chi connectivity index (χ4v) is 8.87. The van der Waals surface area contributed by atoms with Gasteiger partial charge in [0.25, 0.3) is 0 Å². The zero-order chi connectivity index (χ0) is 38.4. The number of anilines is 3. The first kappa shape index (κ1) is 33.9. The van der Waals surface area contributed by atoms with Gasteiger partial charge >= 0.3 is 0 Å². The van der Waals surface area contributed by atoms with Crippen molar-refractivity contribution in [2.75, 3.05) is 4.90 Å². The molecule has 1 heterocycles. The predicted octanol–water partition coefficient (Wildman–Crippen LogP) is 16.0. The van der Waals surface area contributed by atoms with Crippen LogP contribution in [0.15, 0.2) is 223 Å². The van der Waals surface area contributed by atoms with E-state index in [9.17, 15) is 0 Å². The molecule has 2 nitrogen and oxygen atoms in total. The van der Waals surface area contributed by atoms with Crippen molar-refractivity contribution in [2.45, 2.75) is 12.3 Å². The predicted molar refractivity (Wildman–Crippen MR) is 245 cm³/mol. The van der Waals surface area contributed by atoms with Crippen molar-refractivity contribution < 1.29 is 4.42 Å². The summed E-state index contributed by atoms with van der Waals surface area (Å²) in [6.45, 7) is 0. The third-order valence-electron chi connectivity index (χ3n) is 11.8. The summed E-state index contributed by atoms with van der Waals surface area (Å²) in [5.41, 5.74) is 13.5. The molecule has 0 N–H and O–H groups in total. The number of nitrogens with zero attached hydrogens (tertiary/aromatic N) is 1. The van der Waals surface area contributed by atoms with Crippen molar-refractivity contribution >= 4 is 60.5 Å². The van der Waals surface area contributed by atoms with Crippen LogP contribution in [-0.4, -0.2) is 0 Å². The van der Waals surface area contributed by atoms with E-state index in [1.165, 1.54) is 38.2 Å². The number of allylic oxidation sites excluding steroid dienone is 4. The molecule has 10 aromatic rings. The number of rotatable bonds is 7. The second kappa shape index (κ2) is 14.3. The van der Waals surface area contributed by atoms with E-state index in [1.54, 1.807) is 0 Å². The van der Waals surface area contributed by atoms with E-state index in [-0.39, 0.29) is 0 Å². The van der Waals surface area contributed by atoms with E-state index in [1.807, 2.05) is 0 Å². The molecule has 58 heavy (non-hydrogen) atoms. The van der Waals surface area contributed by atoms with Crippen LogP contribution in [0.2, 0.25) is 0 Å². The van der Waals surface area contributed by atoms with Gasteiger partial charge in [-0.1, -0.05) is 176 Å². The third-order valence-corrected chi connectivity index (χ3v) is 11.8. The van der Waals surface area contributed by atoms with E-state index in [4.69, 9.17) is 4.42 Å². The summed E-state index contributed by atoms with van der Waals surface area (Å²) >= 11 is 0.